The zero-order valence-electron chi connectivity index (χ0n) is 15.6. The molecule has 8 heteroatoms. The lowest BCUT2D eigenvalue weighted by molar-refractivity contribution is 0.00578. The van der Waals surface area contributed by atoms with Crippen LogP contribution in [0.5, 0.6) is 0 Å². The predicted octanol–water partition coefficient (Wildman–Crippen LogP) is 1.72. The molecule has 0 atom stereocenters. The molecule has 7 nitrogen and oxygen atoms in total. The molecule has 3 rings (SSSR count). The molecule has 2 aromatic rings. The number of hydrogen-bond acceptors (Lipinski definition) is 6. The molecule has 1 aliphatic rings. The van der Waals surface area contributed by atoms with Crippen LogP contribution in [0.2, 0.25) is 0 Å². The Labute approximate surface area is 151 Å². The van der Waals surface area contributed by atoms with Gasteiger partial charge in [0.2, 0.25) is 0 Å². The molecule has 1 saturated heterocycles. The molecule has 0 saturated carbocycles. The molecule has 0 aliphatic carbocycles. The van der Waals surface area contributed by atoms with Gasteiger partial charge in [-0.3, -0.25) is 4.98 Å². The van der Waals surface area contributed by atoms with E-state index in [2.05, 4.69) is 10.3 Å². The smallest absolute Gasteiger partial charge is 0.400 e. The number of hydrogen-bond donors (Lipinski definition) is 2. The van der Waals surface area contributed by atoms with Crippen LogP contribution in [0.4, 0.5) is 0 Å². The van der Waals surface area contributed by atoms with Gasteiger partial charge in [0.15, 0.2) is 0 Å². The van der Waals surface area contributed by atoms with Crippen molar-refractivity contribution in [3.05, 3.63) is 50.2 Å². The van der Waals surface area contributed by atoms with Crippen LogP contribution >= 0.6 is 0 Å². The highest BCUT2D eigenvalue weighted by atomic mass is 16.7. The molecule has 138 valence electrons. The Hall–Kier alpha value is -2.16. The van der Waals surface area contributed by atoms with Gasteiger partial charge in [0.25, 0.3) is 0 Å². The quantitative estimate of drug-likeness (QED) is 0.809. The summed E-state index contributed by atoms with van der Waals surface area (Å²) >= 11 is 0. The molecule has 1 aromatic carbocycles. The second-order valence-corrected chi connectivity index (χ2v) is 7.41. The third kappa shape index (κ3) is 3.27. The fraction of sp³-hybridized carbons (Fsp3) is 0.444. The van der Waals surface area contributed by atoms with E-state index >= 15 is 0 Å². The van der Waals surface area contributed by atoms with Gasteiger partial charge in [-0.15, -0.1) is 0 Å². The lowest BCUT2D eigenvalue weighted by Gasteiger charge is -2.32. The first kappa shape index (κ1) is 18.6. The largest absolute Gasteiger partial charge is 0.491 e. The standard InChI is InChI=1S/C18H23BN2O5/c1-17(2)18(3,4)26-19(25-17)12(10-20-5)9-11-7-6-8-13-14(11)15(22)24-16(23)21-13/h6-9,20H,10H2,1-5H3,(H,21,23). The van der Waals surface area contributed by atoms with Crippen LogP contribution in [0, 0.1) is 0 Å². The van der Waals surface area contributed by atoms with Gasteiger partial charge in [0.1, 0.15) is 0 Å². The summed E-state index contributed by atoms with van der Waals surface area (Å²) in [7, 11) is 1.28. The molecule has 0 bridgehead atoms. The molecule has 1 fully saturated rings. The highest BCUT2D eigenvalue weighted by Crippen LogP contribution is 2.38. The van der Waals surface area contributed by atoms with E-state index < -0.39 is 29.7 Å². The van der Waals surface area contributed by atoms with Crippen LogP contribution in [0.25, 0.3) is 17.0 Å². The number of fused-ring (bicyclic) bond motifs is 1. The molecule has 2 heterocycles. The maximum atomic E-state index is 12.2. The van der Waals surface area contributed by atoms with Gasteiger partial charge in [-0.1, -0.05) is 18.2 Å². The van der Waals surface area contributed by atoms with Gasteiger partial charge in [-0.2, -0.15) is 0 Å². The minimum Gasteiger partial charge on any atom is -0.400 e. The van der Waals surface area contributed by atoms with Crippen molar-refractivity contribution in [3.8, 4) is 0 Å². The van der Waals surface area contributed by atoms with Crippen molar-refractivity contribution >= 4 is 24.1 Å². The second kappa shape index (κ2) is 6.53. The van der Waals surface area contributed by atoms with Crippen molar-refractivity contribution in [2.24, 2.45) is 0 Å². The third-order valence-corrected chi connectivity index (χ3v) is 5.00. The number of benzene rings is 1. The summed E-state index contributed by atoms with van der Waals surface area (Å²) in [5, 5.41) is 3.42. The number of aromatic nitrogens is 1. The molecule has 0 amide bonds. The Kier molecular flexibility index (Phi) is 4.68. The van der Waals surface area contributed by atoms with Gasteiger partial charge >= 0.3 is 18.5 Å². The van der Waals surface area contributed by atoms with Crippen molar-refractivity contribution in [1.29, 1.82) is 0 Å². The number of aromatic amines is 1. The van der Waals surface area contributed by atoms with Crippen molar-refractivity contribution in [3.63, 3.8) is 0 Å². The number of likely N-dealkylation sites (N-methyl/N-ethyl adjacent to an activating group) is 1. The summed E-state index contributed by atoms with van der Waals surface area (Å²) in [4.78, 5) is 26.1. The van der Waals surface area contributed by atoms with Crippen LogP contribution in [-0.4, -0.2) is 36.9 Å². The van der Waals surface area contributed by atoms with Crippen molar-refractivity contribution in [1.82, 2.24) is 10.3 Å². The SMILES string of the molecule is CNCC(=Cc1cccc2[nH]c(=O)oc(=O)c12)B1OC(C)(C)C(C)(C)O1. The normalized spacial score (nSPS) is 19.3. The Morgan fingerprint density at radius 1 is 1.19 bits per heavy atom. The zero-order valence-corrected chi connectivity index (χ0v) is 15.6. The first-order valence-corrected chi connectivity index (χ1v) is 8.51. The highest BCUT2D eigenvalue weighted by Gasteiger charge is 2.52. The van der Waals surface area contributed by atoms with Crippen molar-refractivity contribution in [2.45, 2.75) is 38.9 Å². The van der Waals surface area contributed by atoms with E-state index in [0.717, 1.165) is 5.47 Å². The zero-order chi connectivity index (χ0) is 19.1. The molecule has 26 heavy (non-hydrogen) atoms. The second-order valence-electron chi connectivity index (χ2n) is 7.41. The van der Waals surface area contributed by atoms with E-state index in [-0.39, 0.29) is 0 Å². The van der Waals surface area contributed by atoms with E-state index in [1.807, 2.05) is 40.8 Å². The number of H-pyrrole nitrogens is 1. The van der Waals surface area contributed by atoms with Crippen LogP contribution in [0.3, 0.4) is 0 Å². The summed E-state index contributed by atoms with van der Waals surface area (Å²) in [6.07, 6.45) is 1.84. The summed E-state index contributed by atoms with van der Waals surface area (Å²) in [6.45, 7) is 8.47. The Balaban J connectivity index is 2.10. The monoisotopic (exact) mass is 358 g/mol. The maximum absolute atomic E-state index is 12.2. The molecule has 0 spiro atoms. The van der Waals surface area contributed by atoms with Crippen LogP contribution in [0.15, 0.2) is 37.7 Å². The Morgan fingerprint density at radius 2 is 1.85 bits per heavy atom. The molecular weight excluding hydrogens is 335 g/mol. The minimum absolute atomic E-state index is 0.317. The Morgan fingerprint density at radius 3 is 2.46 bits per heavy atom. The summed E-state index contributed by atoms with van der Waals surface area (Å²) in [5.74, 6) is -0.773. The molecule has 1 aliphatic heterocycles. The first-order valence-electron chi connectivity index (χ1n) is 8.51. The third-order valence-electron chi connectivity index (χ3n) is 5.00. The maximum Gasteiger partial charge on any atom is 0.491 e. The lowest BCUT2D eigenvalue weighted by Crippen LogP contribution is -2.41. The van der Waals surface area contributed by atoms with Gasteiger partial charge < -0.3 is 19.0 Å². The van der Waals surface area contributed by atoms with E-state index in [1.165, 1.54) is 0 Å². The highest BCUT2D eigenvalue weighted by molar-refractivity contribution is 6.56. The van der Waals surface area contributed by atoms with Crippen LogP contribution < -0.4 is 16.7 Å². The fourth-order valence-corrected chi connectivity index (χ4v) is 2.89. The molecule has 0 radical (unpaired) electrons. The van der Waals surface area contributed by atoms with Crippen LogP contribution in [0.1, 0.15) is 33.3 Å². The average molecular weight is 358 g/mol. The topological polar surface area (TPSA) is 93.6 Å². The summed E-state index contributed by atoms with van der Waals surface area (Å²) in [6, 6.07) is 5.22. The van der Waals surface area contributed by atoms with Crippen molar-refractivity contribution < 1.29 is 13.7 Å². The van der Waals surface area contributed by atoms with E-state index in [4.69, 9.17) is 13.7 Å². The predicted molar refractivity (Wildman–Crippen MR) is 101 cm³/mol. The number of nitrogens with one attached hydrogen (secondary N) is 2. The Bertz CT molecular complexity index is 957. The lowest BCUT2D eigenvalue weighted by atomic mass is 9.76. The molecule has 1 aromatic heterocycles. The van der Waals surface area contributed by atoms with Gasteiger partial charge in [0.05, 0.1) is 22.1 Å². The van der Waals surface area contributed by atoms with E-state index in [0.29, 0.717) is 23.0 Å². The van der Waals surface area contributed by atoms with Gasteiger partial charge in [-0.05, 0) is 51.8 Å². The first-order chi connectivity index (χ1) is 12.1. The summed E-state index contributed by atoms with van der Waals surface area (Å²) < 4.78 is 16.9. The van der Waals surface area contributed by atoms with Crippen molar-refractivity contribution in [2.75, 3.05) is 13.6 Å². The number of rotatable bonds is 4. The summed E-state index contributed by atoms with van der Waals surface area (Å²) in [5.41, 5.74) is 0.295. The van der Waals surface area contributed by atoms with Gasteiger partial charge in [0, 0.05) is 6.54 Å². The average Bonchev–Trinajstić information content (AvgIpc) is 2.74. The molecular formula is C18H23BN2O5. The minimum atomic E-state index is -0.773. The fourth-order valence-electron chi connectivity index (χ4n) is 2.89. The van der Waals surface area contributed by atoms with E-state index in [1.54, 1.807) is 18.2 Å². The molecule has 2 N–H and O–H groups in total. The van der Waals surface area contributed by atoms with Crippen LogP contribution in [-0.2, 0) is 9.31 Å². The van der Waals surface area contributed by atoms with Gasteiger partial charge in [-0.25, -0.2) is 9.59 Å². The van der Waals surface area contributed by atoms with E-state index in [9.17, 15) is 9.59 Å². The molecule has 0 unspecified atom stereocenters.